The molecule has 0 amide bonds. The van der Waals surface area contributed by atoms with Crippen LogP contribution in [0.1, 0.15) is 6.42 Å². The van der Waals surface area contributed by atoms with Crippen LogP contribution in [-0.4, -0.2) is 25.2 Å². The van der Waals surface area contributed by atoms with Gasteiger partial charge in [0.25, 0.3) is 0 Å². The molecule has 1 atom stereocenters. The van der Waals surface area contributed by atoms with Crippen molar-refractivity contribution in [1.29, 1.82) is 0 Å². The van der Waals surface area contributed by atoms with E-state index in [4.69, 9.17) is 16.7 Å². The number of alkyl halides is 1. The Morgan fingerprint density at radius 1 is 1.33 bits per heavy atom. The molecule has 1 N–H and O–H groups in total. The predicted molar refractivity (Wildman–Crippen MR) is 57.3 cm³/mol. The molecule has 12 heavy (non-hydrogen) atoms. The number of aliphatic hydroxyl groups is 1. The van der Waals surface area contributed by atoms with Crippen LogP contribution >= 0.6 is 11.6 Å². The summed E-state index contributed by atoms with van der Waals surface area (Å²) in [5.41, 5.74) is 0. The standard InChI is InChI=1S/C9H17ClOSi/c1-12(2,3)7-5-4-6-9(11)8-10/h9,11H,6-8H2,1-3H3/t9-/m1/s1. The summed E-state index contributed by atoms with van der Waals surface area (Å²) >= 11 is 5.41. The summed E-state index contributed by atoms with van der Waals surface area (Å²) in [6.45, 7) is 6.83. The minimum atomic E-state index is -1.03. The zero-order chi connectivity index (χ0) is 9.61. The molecule has 70 valence electrons. The lowest BCUT2D eigenvalue weighted by Crippen LogP contribution is -2.17. The maximum Gasteiger partial charge on any atom is 0.0784 e. The van der Waals surface area contributed by atoms with Crippen molar-refractivity contribution in [3.8, 4) is 11.8 Å². The van der Waals surface area contributed by atoms with Crippen LogP contribution in [0.5, 0.6) is 0 Å². The summed E-state index contributed by atoms with van der Waals surface area (Å²) in [7, 11) is -1.03. The van der Waals surface area contributed by atoms with Crippen LogP contribution in [0.3, 0.4) is 0 Å². The van der Waals surface area contributed by atoms with E-state index >= 15 is 0 Å². The van der Waals surface area contributed by atoms with Crippen LogP contribution in [0.25, 0.3) is 0 Å². The smallest absolute Gasteiger partial charge is 0.0784 e. The molecule has 1 nitrogen and oxygen atoms in total. The Labute approximate surface area is 81.1 Å². The van der Waals surface area contributed by atoms with Crippen LogP contribution in [0.4, 0.5) is 0 Å². The number of rotatable bonds is 3. The molecular weight excluding hydrogens is 188 g/mol. The fourth-order valence-corrected chi connectivity index (χ4v) is 1.34. The first-order valence-corrected chi connectivity index (χ1v) is 8.39. The molecule has 0 heterocycles. The Balaban J connectivity index is 3.61. The molecule has 0 spiro atoms. The topological polar surface area (TPSA) is 20.2 Å². The monoisotopic (exact) mass is 204 g/mol. The Bertz CT molecular complexity index is 175. The molecule has 0 unspecified atom stereocenters. The lowest BCUT2D eigenvalue weighted by Gasteiger charge is -2.09. The van der Waals surface area contributed by atoms with Crippen molar-refractivity contribution < 1.29 is 5.11 Å². The number of aliphatic hydroxyl groups excluding tert-OH is 1. The lowest BCUT2D eigenvalue weighted by atomic mass is 10.3. The Kier molecular flexibility index (Phi) is 5.65. The third-order valence-corrected chi connectivity index (χ3v) is 2.85. The highest BCUT2D eigenvalue weighted by atomic mass is 35.5. The zero-order valence-electron chi connectivity index (χ0n) is 8.02. The van der Waals surface area contributed by atoms with E-state index in [1.807, 2.05) is 0 Å². The molecule has 0 aliphatic rings. The lowest BCUT2D eigenvalue weighted by molar-refractivity contribution is 0.204. The van der Waals surface area contributed by atoms with Crippen LogP contribution < -0.4 is 0 Å². The van der Waals surface area contributed by atoms with Gasteiger partial charge in [0, 0.05) is 18.3 Å². The van der Waals surface area contributed by atoms with Crippen LogP contribution in [-0.2, 0) is 0 Å². The molecule has 3 heteroatoms. The first kappa shape index (κ1) is 12.0. The van der Waals surface area contributed by atoms with Crippen LogP contribution in [0.15, 0.2) is 0 Å². The molecule has 0 saturated heterocycles. The first-order valence-electron chi connectivity index (χ1n) is 4.15. The van der Waals surface area contributed by atoms with E-state index in [2.05, 4.69) is 31.5 Å². The Morgan fingerprint density at radius 3 is 2.33 bits per heavy atom. The number of hydrogen-bond donors (Lipinski definition) is 1. The van der Waals surface area contributed by atoms with Crippen LogP contribution in [0, 0.1) is 11.8 Å². The van der Waals surface area contributed by atoms with E-state index in [1.54, 1.807) is 0 Å². The zero-order valence-corrected chi connectivity index (χ0v) is 9.78. The van der Waals surface area contributed by atoms with Gasteiger partial charge in [-0.2, -0.15) is 0 Å². The number of halogens is 1. The predicted octanol–water partition coefficient (Wildman–Crippen LogP) is 2.32. The van der Waals surface area contributed by atoms with Crippen molar-refractivity contribution in [1.82, 2.24) is 0 Å². The summed E-state index contributed by atoms with van der Waals surface area (Å²) in [6, 6.07) is 1.00. The molecule has 0 saturated carbocycles. The van der Waals surface area contributed by atoms with E-state index in [0.717, 1.165) is 6.04 Å². The minimum Gasteiger partial charge on any atom is -0.391 e. The number of hydrogen-bond acceptors (Lipinski definition) is 1. The molecule has 0 aromatic carbocycles. The molecule has 0 rings (SSSR count). The molecule has 0 aliphatic carbocycles. The first-order chi connectivity index (χ1) is 5.45. The highest BCUT2D eigenvalue weighted by Gasteiger charge is 2.09. The quantitative estimate of drug-likeness (QED) is 0.425. The van der Waals surface area contributed by atoms with Crippen molar-refractivity contribution in [3.05, 3.63) is 0 Å². The molecule has 0 fully saturated rings. The van der Waals surface area contributed by atoms with Gasteiger partial charge in [-0.05, 0) is 0 Å². The van der Waals surface area contributed by atoms with Gasteiger partial charge in [-0.3, -0.25) is 0 Å². The molecule has 0 aliphatic heterocycles. The third kappa shape index (κ3) is 8.13. The summed E-state index contributed by atoms with van der Waals surface area (Å²) < 4.78 is 0. The minimum absolute atomic E-state index is 0.279. The van der Waals surface area contributed by atoms with Crippen molar-refractivity contribution in [2.75, 3.05) is 5.88 Å². The SMILES string of the molecule is C[Si](C)(C)CC#CC[C@@H](O)CCl. The van der Waals surface area contributed by atoms with Crippen molar-refractivity contribution >= 4 is 19.7 Å². The average molecular weight is 205 g/mol. The summed E-state index contributed by atoms with van der Waals surface area (Å²) in [5, 5.41) is 9.06. The molecule has 0 aromatic heterocycles. The second-order valence-corrected chi connectivity index (χ2v) is 9.89. The fourth-order valence-electron chi connectivity index (χ4n) is 0.572. The fraction of sp³-hybridized carbons (Fsp3) is 0.778. The van der Waals surface area contributed by atoms with E-state index in [9.17, 15) is 0 Å². The van der Waals surface area contributed by atoms with Crippen molar-refractivity contribution in [3.63, 3.8) is 0 Å². The van der Waals surface area contributed by atoms with Crippen molar-refractivity contribution in [2.45, 2.75) is 38.2 Å². The Morgan fingerprint density at radius 2 is 1.92 bits per heavy atom. The summed E-state index contributed by atoms with van der Waals surface area (Å²) in [6.07, 6.45) is 0.0503. The second kappa shape index (κ2) is 5.63. The van der Waals surface area contributed by atoms with Gasteiger partial charge >= 0.3 is 0 Å². The summed E-state index contributed by atoms with van der Waals surface area (Å²) in [5.74, 6) is 6.31. The molecule has 0 radical (unpaired) electrons. The van der Waals surface area contributed by atoms with E-state index in [-0.39, 0.29) is 5.88 Å². The van der Waals surface area contributed by atoms with Gasteiger partial charge in [0.1, 0.15) is 0 Å². The maximum atomic E-state index is 9.06. The van der Waals surface area contributed by atoms with Gasteiger partial charge in [-0.1, -0.05) is 19.6 Å². The largest absolute Gasteiger partial charge is 0.391 e. The molecule has 0 aromatic rings. The summed E-state index contributed by atoms with van der Waals surface area (Å²) in [4.78, 5) is 0. The van der Waals surface area contributed by atoms with Gasteiger partial charge in [0.15, 0.2) is 0 Å². The van der Waals surface area contributed by atoms with E-state index < -0.39 is 14.2 Å². The third-order valence-electron chi connectivity index (χ3n) is 1.26. The van der Waals surface area contributed by atoms with Gasteiger partial charge in [0.05, 0.1) is 14.2 Å². The molecule has 0 bridgehead atoms. The highest BCUT2D eigenvalue weighted by molar-refractivity contribution is 6.76. The second-order valence-electron chi connectivity index (χ2n) is 4.10. The van der Waals surface area contributed by atoms with Gasteiger partial charge < -0.3 is 5.11 Å². The van der Waals surface area contributed by atoms with Gasteiger partial charge in [-0.25, -0.2) is 0 Å². The molecular formula is C9H17ClOSi. The van der Waals surface area contributed by atoms with Gasteiger partial charge in [-0.15, -0.1) is 23.4 Å². The van der Waals surface area contributed by atoms with E-state index in [1.165, 1.54) is 0 Å². The van der Waals surface area contributed by atoms with Crippen LogP contribution in [0.2, 0.25) is 25.7 Å². The Hall–Kier alpha value is 0.0269. The highest BCUT2D eigenvalue weighted by Crippen LogP contribution is 2.05. The normalized spacial score (nSPS) is 13.4. The van der Waals surface area contributed by atoms with Gasteiger partial charge in [0.2, 0.25) is 0 Å². The maximum absolute atomic E-state index is 9.06. The van der Waals surface area contributed by atoms with E-state index in [0.29, 0.717) is 6.42 Å². The van der Waals surface area contributed by atoms with Crippen molar-refractivity contribution in [2.24, 2.45) is 0 Å². The average Bonchev–Trinajstić information content (AvgIpc) is 1.96.